The summed E-state index contributed by atoms with van der Waals surface area (Å²) >= 11 is 14.3. The number of methoxy groups -OCH3 is 1. The Morgan fingerprint density at radius 1 is 1.02 bits per heavy atom. The molecule has 0 saturated carbocycles. The number of nitrogens with zero attached hydrogens (tertiary/aromatic N) is 5. The fourth-order valence-corrected chi connectivity index (χ4v) is 8.38. The molecule has 2 aromatic carbocycles. The Hall–Kier alpha value is -4.55. The second-order valence-electron chi connectivity index (χ2n) is 13.9. The molecule has 3 N–H and O–H groups in total. The van der Waals surface area contributed by atoms with Gasteiger partial charge in [-0.2, -0.15) is 5.10 Å². The van der Waals surface area contributed by atoms with E-state index in [4.69, 9.17) is 38.0 Å². The number of aryl methyl sites for hydroxylation is 1. The standard InChI is InChI=1S/C38H38Cl2N8O3/c1-47-31-14-22(6-9-27(31)30(46-47)18-48-20-38(21-48)15-33(50)43-19-38)36-35(40)26(12-13-42-36)25-4-3-5-28(34(25)39)29-10-7-23(37(45-29)51-2)16-41-17-24-8-11-32(49)44-24/h3-7,9-10,12-14,24,41H,8,11,15-21H2,1-2H3,(H,43,50)(H,44,49). The predicted octanol–water partition coefficient (Wildman–Crippen LogP) is 5.37. The monoisotopic (exact) mass is 724 g/mol. The van der Waals surface area contributed by atoms with Gasteiger partial charge >= 0.3 is 0 Å². The van der Waals surface area contributed by atoms with E-state index in [1.165, 1.54) is 0 Å². The largest absolute Gasteiger partial charge is 0.481 e. The Morgan fingerprint density at radius 2 is 1.84 bits per heavy atom. The number of rotatable bonds is 10. The molecule has 0 aliphatic carbocycles. The highest BCUT2D eigenvalue weighted by Crippen LogP contribution is 2.42. The Morgan fingerprint density at radius 3 is 2.61 bits per heavy atom. The summed E-state index contributed by atoms with van der Waals surface area (Å²) in [6.45, 7) is 4.52. The number of benzene rings is 2. The molecule has 3 fully saturated rings. The Balaban J connectivity index is 1.02. The van der Waals surface area contributed by atoms with Crippen LogP contribution in [0.4, 0.5) is 0 Å². The number of likely N-dealkylation sites (tertiary alicyclic amines) is 1. The molecule has 0 bridgehead atoms. The number of amides is 2. The van der Waals surface area contributed by atoms with E-state index in [0.717, 1.165) is 77.0 Å². The maximum absolute atomic E-state index is 11.8. The minimum Gasteiger partial charge on any atom is -0.481 e. The zero-order chi connectivity index (χ0) is 35.3. The van der Waals surface area contributed by atoms with E-state index in [1.807, 2.05) is 54.2 Å². The molecule has 1 unspecified atom stereocenters. The van der Waals surface area contributed by atoms with Gasteiger partial charge in [-0.15, -0.1) is 0 Å². The Bertz CT molecular complexity index is 2180. The van der Waals surface area contributed by atoms with Crippen molar-refractivity contribution in [1.82, 2.24) is 40.6 Å². The van der Waals surface area contributed by atoms with Crippen molar-refractivity contribution in [3.63, 3.8) is 0 Å². The van der Waals surface area contributed by atoms with Gasteiger partial charge in [0, 0.05) is 110 Å². The van der Waals surface area contributed by atoms with Crippen LogP contribution in [-0.2, 0) is 29.7 Å². The van der Waals surface area contributed by atoms with E-state index in [-0.39, 0.29) is 23.3 Å². The Kier molecular flexibility index (Phi) is 8.91. The zero-order valence-corrected chi connectivity index (χ0v) is 29.9. The smallest absolute Gasteiger partial charge is 0.220 e. The fourth-order valence-electron chi connectivity index (χ4n) is 7.73. The van der Waals surface area contributed by atoms with Gasteiger partial charge in [0.15, 0.2) is 0 Å². The highest BCUT2D eigenvalue weighted by molar-refractivity contribution is 6.39. The average molecular weight is 726 g/mol. The van der Waals surface area contributed by atoms with Crippen molar-refractivity contribution in [3.05, 3.63) is 82.1 Å². The topological polar surface area (TPSA) is 126 Å². The van der Waals surface area contributed by atoms with Crippen molar-refractivity contribution >= 4 is 45.9 Å². The van der Waals surface area contributed by atoms with Crippen molar-refractivity contribution in [3.8, 4) is 39.5 Å². The molecule has 3 aromatic heterocycles. The van der Waals surface area contributed by atoms with Gasteiger partial charge in [0.05, 0.1) is 39.8 Å². The number of nitrogens with one attached hydrogen (secondary N) is 3. The normalized spacial score (nSPS) is 18.3. The lowest BCUT2D eigenvalue weighted by Crippen LogP contribution is -2.56. The number of aromatic nitrogens is 4. The van der Waals surface area contributed by atoms with Gasteiger partial charge in [0.25, 0.3) is 0 Å². The number of halogens is 2. The van der Waals surface area contributed by atoms with Gasteiger partial charge in [-0.1, -0.05) is 59.6 Å². The Labute approximate surface area is 305 Å². The summed E-state index contributed by atoms with van der Waals surface area (Å²) in [5.41, 5.74) is 7.47. The first kappa shape index (κ1) is 33.6. The van der Waals surface area contributed by atoms with Gasteiger partial charge in [-0.3, -0.25) is 24.2 Å². The predicted molar refractivity (Wildman–Crippen MR) is 197 cm³/mol. The molecule has 3 aliphatic rings. The van der Waals surface area contributed by atoms with E-state index in [1.54, 1.807) is 13.3 Å². The molecule has 51 heavy (non-hydrogen) atoms. The summed E-state index contributed by atoms with van der Waals surface area (Å²) in [6.07, 6.45) is 3.77. The highest BCUT2D eigenvalue weighted by atomic mass is 35.5. The van der Waals surface area contributed by atoms with Crippen molar-refractivity contribution in [2.75, 3.05) is 33.3 Å². The lowest BCUT2D eigenvalue weighted by atomic mass is 9.79. The molecule has 5 aromatic rings. The van der Waals surface area contributed by atoms with Crippen LogP contribution in [0, 0.1) is 5.41 Å². The van der Waals surface area contributed by atoms with Crippen LogP contribution in [0.2, 0.25) is 10.0 Å². The number of fused-ring (bicyclic) bond motifs is 1. The number of carbonyl (C=O) groups excluding carboxylic acids is 2. The van der Waals surface area contributed by atoms with Crippen LogP contribution in [0.3, 0.4) is 0 Å². The van der Waals surface area contributed by atoms with E-state index in [2.05, 4.69) is 38.0 Å². The van der Waals surface area contributed by atoms with Crippen LogP contribution in [0.25, 0.3) is 44.5 Å². The molecule has 11 nitrogen and oxygen atoms in total. The molecule has 2 amide bonds. The van der Waals surface area contributed by atoms with E-state index < -0.39 is 0 Å². The SMILES string of the molecule is COc1nc(-c2cccc(-c3ccnc(-c4ccc5c(CN6CC7(CNC(=O)C7)C6)nn(C)c5c4)c3Cl)c2Cl)ccc1CNCC1CCC(=O)N1. The summed E-state index contributed by atoms with van der Waals surface area (Å²) in [4.78, 5) is 35.1. The highest BCUT2D eigenvalue weighted by Gasteiger charge is 2.48. The van der Waals surface area contributed by atoms with Gasteiger partial charge in [-0.05, 0) is 24.6 Å². The van der Waals surface area contributed by atoms with E-state index in [9.17, 15) is 9.59 Å². The molecule has 262 valence electrons. The molecule has 3 saturated heterocycles. The van der Waals surface area contributed by atoms with Gasteiger partial charge < -0.3 is 20.7 Å². The van der Waals surface area contributed by atoms with Gasteiger partial charge in [0.1, 0.15) is 0 Å². The van der Waals surface area contributed by atoms with Crippen LogP contribution >= 0.6 is 23.2 Å². The quantitative estimate of drug-likeness (QED) is 0.176. The van der Waals surface area contributed by atoms with E-state index in [0.29, 0.717) is 53.2 Å². The molecule has 6 heterocycles. The molecule has 8 rings (SSSR count). The average Bonchev–Trinajstić information content (AvgIpc) is 3.81. The number of pyridine rings is 2. The first-order valence-corrected chi connectivity index (χ1v) is 17.9. The summed E-state index contributed by atoms with van der Waals surface area (Å²) in [5, 5.41) is 16.3. The van der Waals surface area contributed by atoms with Gasteiger partial charge in [0.2, 0.25) is 17.7 Å². The third-order valence-corrected chi connectivity index (χ3v) is 11.1. The van der Waals surface area contributed by atoms with Crippen molar-refractivity contribution in [2.24, 2.45) is 12.5 Å². The molecule has 3 aliphatic heterocycles. The van der Waals surface area contributed by atoms with Crippen molar-refractivity contribution < 1.29 is 14.3 Å². The maximum atomic E-state index is 11.8. The zero-order valence-electron chi connectivity index (χ0n) is 28.4. The second kappa shape index (κ2) is 13.5. The number of ether oxygens (including phenoxy) is 1. The first-order chi connectivity index (χ1) is 24.7. The summed E-state index contributed by atoms with van der Waals surface area (Å²) in [6, 6.07) is 18.0. The maximum Gasteiger partial charge on any atom is 0.220 e. The van der Waals surface area contributed by atoms with Gasteiger partial charge in [-0.25, -0.2) is 4.98 Å². The fraction of sp³-hybridized carbons (Fsp3) is 0.342. The second-order valence-corrected chi connectivity index (χ2v) is 14.6. The van der Waals surface area contributed by atoms with Crippen LogP contribution in [0.1, 0.15) is 30.5 Å². The third-order valence-electron chi connectivity index (χ3n) is 10.3. The van der Waals surface area contributed by atoms with E-state index >= 15 is 0 Å². The molecule has 1 spiro atoms. The minimum atomic E-state index is 0.0770. The summed E-state index contributed by atoms with van der Waals surface area (Å²) < 4.78 is 7.56. The number of hydrogen-bond donors (Lipinski definition) is 3. The van der Waals surface area contributed by atoms with Crippen LogP contribution in [0.15, 0.2) is 60.8 Å². The number of carbonyl (C=O) groups is 2. The number of hydrogen-bond acceptors (Lipinski definition) is 8. The van der Waals surface area contributed by atoms with Crippen LogP contribution in [-0.4, -0.2) is 75.8 Å². The van der Waals surface area contributed by atoms with Crippen LogP contribution in [0.5, 0.6) is 5.88 Å². The van der Waals surface area contributed by atoms with Crippen molar-refractivity contribution in [2.45, 2.75) is 38.4 Å². The lowest BCUT2D eigenvalue weighted by molar-refractivity contribution is -0.121. The van der Waals surface area contributed by atoms with Crippen LogP contribution < -0.4 is 20.7 Å². The first-order valence-electron chi connectivity index (χ1n) is 17.1. The summed E-state index contributed by atoms with van der Waals surface area (Å²) in [5.74, 6) is 0.757. The molecular formula is C38H38Cl2N8O3. The lowest BCUT2D eigenvalue weighted by Gasteiger charge is -2.46. The minimum absolute atomic E-state index is 0.0770. The van der Waals surface area contributed by atoms with Crippen molar-refractivity contribution in [1.29, 1.82) is 0 Å². The molecule has 0 radical (unpaired) electrons. The summed E-state index contributed by atoms with van der Waals surface area (Å²) in [7, 11) is 3.55. The molecular weight excluding hydrogens is 687 g/mol. The third kappa shape index (κ3) is 6.44. The molecule has 13 heteroatoms. The molecule has 1 atom stereocenters.